The van der Waals surface area contributed by atoms with Gasteiger partial charge in [-0.3, -0.25) is 0 Å². The molecule has 1 aromatic heterocycles. The number of nitrogens with zero attached hydrogens (tertiary/aromatic N) is 2. The molecule has 0 spiro atoms. The molecule has 1 N–H and O–H groups in total. The third-order valence-corrected chi connectivity index (χ3v) is 4.32. The highest BCUT2D eigenvalue weighted by molar-refractivity contribution is 7.91. The van der Waals surface area contributed by atoms with E-state index in [0.717, 1.165) is 12.3 Å². The van der Waals surface area contributed by atoms with Crippen molar-refractivity contribution in [1.82, 2.24) is 4.98 Å². The van der Waals surface area contributed by atoms with Gasteiger partial charge in [-0.1, -0.05) is 0 Å². The Kier molecular flexibility index (Phi) is 3.20. The van der Waals surface area contributed by atoms with Gasteiger partial charge < -0.3 is 10.0 Å². The van der Waals surface area contributed by atoms with Gasteiger partial charge in [0.15, 0.2) is 9.84 Å². The zero-order chi connectivity index (χ0) is 13.3. The maximum atomic E-state index is 13.0. The monoisotopic (exact) mass is 274 g/mol. The van der Waals surface area contributed by atoms with E-state index >= 15 is 0 Å². The molecule has 8 heteroatoms. The predicted octanol–water partition coefficient (Wildman–Crippen LogP) is 0.154. The lowest BCUT2D eigenvalue weighted by atomic mass is 10.2. The fraction of sp³-hybridized carbons (Fsp3) is 0.400. The number of aromatic carboxylic acids is 1. The molecule has 0 saturated carbocycles. The molecule has 0 bridgehead atoms. The first-order valence-corrected chi connectivity index (χ1v) is 7.05. The van der Waals surface area contributed by atoms with E-state index in [0.29, 0.717) is 0 Å². The second-order valence-electron chi connectivity index (χ2n) is 3.97. The van der Waals surface area contributed by atoms with Crippen LogP contribution in [0, 0.1) is 5.82 Å². The molecule has 2 heterocycles. The van der Waals surface area contributed by atoms with E-state index in [4.69, 9.17) is 5.11 Å². The van der Waals surface area contributed by atoms with Crippen LogP contribution in [0.15, 0.2) is 12.3 Å². The number of hydrogen-bond donors (Lipinski definition) is 1. The van der Waals surface area contributed by atoms with Gasteiger partial charge in [0.05, 0.1) is 17.7 Å². The van der Waals surface area contributed by atoms with Crippen molar-refractivity contribution in [2.75, 3.05) is 29.5 Å². The summed E-state index contributed by atoms with van der Waals surface area (Å²) < 4.78 is 35.5. The lowest BCUT2D eigenvalue weighted by molar-refractivity contribution is 0.0696. The van der Waals surface area contributed by atoms with E-state index in [1.165, 1.54) is 0 Å². The minimum atomic E-state index is -3.06. The van der Waals surface area contributed by atoms with Crippen LogP contribution in [0.4, 0.5) is 10.2 Å². The topological polar surface area (TPSA) is 87.6 Å². The van der Waals surface area contributed by atoms with E-state index in [1.807, 2.05) is 0 Å². The van der Waals surface area contributed by atoms with Gasteiger partial charge in [-0.2, -0.15) is 0 Å². The molecule has 0 radical (unpaired) electrons. The number of aromatic nitrogens is 1. The highest BCUT2D eigenvalue weighted by Crippen LogP contribution is 2.20. The summed E-state index contributed by atoms with van der Waals surface area (Å²) in [6, 6.07) is 0.883. The maximum absolute atomic E-state index is 13.0. The number of carboxylic acid groups (broad SMARTS) is 1. The zero-order valence-electron chi connectivity index (χ0n) is 9.34. The van der Waals surface area contributed by atoms with E-state index in [1.54, 1.807) is 4.90 Å². The normalized spacial score (nSPS) is 18.6. The quantitative estimate of drug-likeness (QED) is 0.826. The van der Waals surface area contributed by atoms with Crippen LogP contribution in [-0.4, -0.2) is 49.1 Å². The van der Waals surface area contributed by atoms with Crippen molar-refractivity contribution in [3.63, 3.8) is 0 Å². The van der Waals surface area contributed by atoms with Crippen molar-refractivity contribution >= 4 is 21.6 Å². The number of carbonyl (C=O) groups is 1. The first-order valence-electron chi connectivity index (χ1n) is 5.23. The van der Waals surface area contributed by atoms with Gasteiger partial charge in [0, 0.05) is 13.1 Å². The average molecular weight is 274 g/mol. The molecular weight excluding hydrogens is 263 g/mol. The van der Waals surface area contributed by atoms with E-state index in [-0.39, 0.29) is 36.0 Å². The predicted molar refractivity (Wildman–Crippen MR) is 62.0 cm³/mol. The lowest BCUT2D eigenvalue weighted by Crippen LogP contribution is -2.41. The summed E-state index contributed by atoms with van der Waals surface area (Å²) >= 11 is 0. The van der Waals surface area contributed by atoms with Gasteiger partial charge in [-0.05, 0) is 6.07 Å². The molecule has 0 unspecified atom stereocenters. The second kappa shape index (κ2) is 4.52. The van der Waals surface area contributed by atoms with Crippen LogP contribution in [0.25, 0.3) is 0 Å². The van der Waals surface area contributed by atoms with Gasteiger partial charge in [0.2, 0.25) is 0 Å². The van der Waals surface area contributed by atoms with Crippen LogP contribution >= 0.6 is 0 Å². The number of sulfone groups is 1. The van der Waals surface area contributed by atoms with Crippen LogP contribution in [0.1, 0.15) is 10.4 Å². The molecule has 18 heavy (non-hydrogen) atoms. The Morgan fingerprint density at radius 3 is 2.56 bits per heavy atom. The van der Waals surface area contributed by atoms with Gasteiger partial charge >= 0.3 is 5.97 Å². The van der Waals surface area contributed by atoms with Crippen LogP contribution in [0.5, 0.6) is 0 Å². The lowest BCUT2D eigenvalue weighted by Gasteiger charge is -2.28. The molecule has 1 saturated heterocycles. The molecule has 98 valence electrons. The minimum Gasteiger partial charge on any atom is -0.478 e. The number of rotatable bonds is 2. The van der Waals surface area contributed by atoms with Crippen molar-refractivity contribution in [3.05, 3.63) is 23.6 Å². The largest absolute Gasteiger partial charge is 0.478 e. The molecule has 0 atom stereocenters. The van der Waals surface area contributed by atoms with Crippen LogP contribution in [-0.2, 0) is 9.84 Å². The summed E-state index contributed by atoms with van der Waals surface area (Å²) in [7, 11) is -3.06. The Bertz CT molecular complexity index is 574. The van der Waals surface area contributed by atoms with Crippen molar-refractivity contribution in [1.29, 1.82) is 0 Å². The molecular formula is C10H11FN2O4S. The molecule has 0 amide bonds. The zero-order valence-corrected chi connectivity index (χ0v) is 10.2. The van der Waals surface area contributed by atoms with Crippen LogP contribution in [0.3, 0.4) is 0 Å². The number of halogens is 1. The summed E-state index contributed by atoms with van der Waals surface area (Å²) in [4.78, 5) is 16.3. The molecule has 1 aliphatic heterocycles. The SMILES string of the molecule is O=C(O)c1cc(F)cnc1N1CCS(=O)(=O)CC1. The van der Waals surface area contributed by atoms with Crippen molar-refractivity contribution < 1.29 is 22.7 Å². The minimum absolute atomic E-state index is 0.0505. The van der Waals surface area contributed by atoms with E-state index in [9.17, 15) is 17.6 Å². The Morgan fingerprint density at radius 2 is 2.00 bits per heavy atom. The Balaban J connectivity index is 2.32. The molecule has 0 aliphatic carbocycles. The molecule has 1 aromatic rings. The second-order valence-corrected chi connectivity index (χ2v) is 6.27. The summed E-state index contributed by atoms with van der Waals surface area (Å²) in [6.07, 6.45) is 0.922. The standard InChI is InChI=1S/C10H11FN2O4S/c11-7-5-8(10(14)15)9(12-6-7)13-1-3-18(16,17)4-2-13/h5-6H,1-4H2,(H,14,15). The van der Waals surface area contributed by atoms with E-state index in [2.05, 4.69) is 4.98 Å². The first-order chi connectivity index (χ1) is 8.39. The fourth-order valence-electron chi connectivity index (χ4n) is 1.77. The van der Waals surface area contributed by atoms with Crippen molar-refractivity contribution in [2.24, 2.45) is 0 Å². The smallest absolute Gasteiger partial charge is 0.339 e. The molecule has 0 aromatic carbocycles. The number of anilines is 1. The highest BCUT2D eigenvalue weighted by atomic mass is 32.2. The van der Waals surface area contributed by atoms with Crippen molar-refractivity contribution in [2.45, 2.75) is 0 Å². The molecule has 6 nitrogen and oxygen atoms in total. The summed E-state index contributed by atoms with van der Waals surface area (Å²) in [6.45, 7) is 0.336. The summed E-state index contributed by atoms with van der Waals surface area (Å²) in [5.41, 5.74) is -0.255. The third kappa shape index (κ3) is 2.58. The number of hydrogen-bond acceptors (Lipinski definition) is 5. The maximum Gasteiger partial charge on any atom is 0.339 e. The third-order valence-electron chi connectivity index (χ3n) is 2.71. The van der Waals surface area contributed by atoms with Gasteiger partial charge in [-0.15, -0.1) is 0 Å². The van der Waals surface area contributed by atoms with Gasteiger partial charge in [-0.25, -0.2) is 22.6 Å². The summed E-state index contributed by atoms with van der Waals surface area (Å²) in [5, 5.41) is 8.97. The van der Waals surface area contributed by atoms with Crippen LogP contribution in [0.2, 0.25) is 0 Å². The first kappa shape index (κ1) is 12.7. The van der Waals surface area contributed by atoms with Gasteiger partial charge in [0.1, 0.15) is 17.2 Å². The molecule has 1 aliphatic rings. The van der Waals surface area contributed by atoms with E-state index < -0.39 is 21.6 Å². The van der Waals surface area contributed by atoms with Crippen LogP contribution < -0.4 is 4.90 Å². The number of carboxylic acids is 1. The highest BCUT2D eigenvalue weighted by Gasteiger charge is 2.26. The van der Waals surface area contributed by atoms with Gasteiger partial charge in [0.25, 0.3) is 0 Å². The average Bonchev–Trinajstić information content (AvgIpc) is 2.29. The Labute approximate surface area is 103 Å². The summed E-state index contributed by atoms with van der Waals surface area (Å²) in [5.74, 6) is -2.01. The Hall–Kier alpha value is -1.70. The number of pyridine rings is 1. The molecule has 2 rings (SSSR count). The Morgan fingerprint density at radius 1 is 1.39 bits per heavy atom. The fourth-order valence-corrected chi connectivity index (χ4v) is 2.97. The van der Waals surface area contributed by atoms with Crippen molar-refractivity contribution in [3.8, 4) is 0 Å². The molecule has 1 fully saturated rings.